The first-order valence-electron chi connectivity index (χ1n) is 14.6. The van der Waals surface area contributed by atoms with E-state index in [4.69, 9.17) is 5.11 Å². The maximum atomic E-state index is 10.4. The molecule has 0 aliphatic carbocycles. The lowest BCUT2D eigenvalue weighted by molar-refractivity contribution is -0.137. The van der Waals surface area contributed by atoms with E-state index in [9.17, 15) is 9.90 Å². The van der Waals surface area contributed by atoms with Gasteiger partial charge >= 0.3 is 5.97 Å². The average Bonchev–Trinajstić information content (AvgIpc) is 2.77. The van der Waals surface area contributed by atoms with E-state index in [1.165, 1.54) is 122 Å². The number of hydrogen-bond donors (Lipinski definition) is 2. The Hall–Kier alpha value is -0.570. The van der Waals surface area contributed by atoms with E-state index in [1.54, 1.807) is 0 Å². The van der Waals surface area contributed by atoms with Gasteiger partial charge in [0.2, 0.25) is 0 Å². The molecule has 0 aliphatic heterocycles. The largest absolute Gasteiger partial charge is 0.481 e. The zero-order chi connectivity index (χ0) is 23.5. The summed E-state index contributed by atoms with van der Waals surface area (Å²) in [6.07, 6.45) is 32.2. The van der Waals surface area contributed by atoms with Crippen LogP contribution in [-0.4, -0.2) is 22.3 Å². The van der Waals surface area contributed by atoms with Crippen LogP contribution in [0.1, 0.15) is 174 Å². The quantitative estimate of drug-likeness (QED) is 0.121. The van der Waals surface area contributed by atoms with E-state index in [0.29, 0.717) is 6.42 Å². The highest BCUT2D eigenvalue weighted by atomic mass is 16.4. The first-order valence-corrected chi connectivity index (χ1v) is 14.6. The topological polar surface area (TPSA) is 57.5 Å². The summed E-state index contributed by atoms with van der Waals surface area (Å²) in [4.78, 5) is 10.4. The van der Waals surface area contributed by atoms with Crippen LogP contribution in [0.25, 0.3) is 0 Å². The fourth-order valence-electron chi connectivity index (χ4n) is 4.61. The number of carboxylic acids is 1. The molecule has 0 aromatic carbocycles. The number of aliphatic hydroxyl groups excluding tert-OH is 1. The molecule has 1 atom stereocenters. The molecule has 0 radical (unpaired) electrons. The van der Waals surface area contributed by atoms with Gasteiger partial charge in [-0.2, -0.15) is 0 Å². The standard InChI is InChI=1S/C29H58O3/c1-2-3-4-5-6-7-8-9-10-11-12-13-14-15-16-19-22-25-28(30)26-23-20-17-18-21-24-27-29(31)32/h28,30H,2-27H2,1H3,(H,31,32). The van der Waals surface area contributed by atoms with Gasteiger partial charge in [0.1, 0.15) is 0 Å². The zero-order valence-electron chi connectivity index (χ0n) is 21.8. The van der Waals surface area contributed by atoms with Gasteiger partial charge in [-0.05, 0) is 19.3 Å². The van der Waals surface area contributed by atoms with Crippen LogP contribution in [0.2, 0.25) is 0 Å². The maximum Gasteiger partial charge on any atom is 0.303 e. The van der Waals surface area contributed by atoms with Crippen molar-refractivity contribution in [3.63, 3.8) is 0 Å². The van der Waals surface area contributed by atoms with Crippen molar-refractivity contribution in [1.82, 2.24) is 0 Å². The second kappa shape index (κ2) is 26.7. The fraction of sp³-hybridized carbons (Fsp3) is 0.966. The summed E-state index contributed by atoms with van der Waals surface area (Å²) in [5.41, 5.74) is 0. The van der Waals surface area contributed by atoms with Crippen molar-refractivity contribution in [3.05, 3.63) is 0 Å². The highest BCUT2D eigenvalue weighted by Gasteiger charge is 2.04. The van der Waals surface area contributed by atoms with E-state index in [0.717, 1.165) is 38.5 Å². The first kappa shape index (κ1) is 31.4. The summed E-state index contributed by atoms with van der Waals surface area (Å²) in [5, 5.41) is 18.7. The third kappa shape index (κ3) is 27.5. The van der Waals surface area contributed by atoms with Gasteiger partial charge < -0.3 is 10.2 Å². The Morgan fingerprint density at radius 3 is 1.09 bits per heavy atom. The maximum absolute atomic E-state index is 10.4. The molecule has 0 heterocycles. The van der Waals surface area contributed by atoms with Crippen LogP contribution in [0.3, 0.4) is 0 Å². The van der Waals surface area contributed by atoms with Gasteiger partial charge in [-0.3, -0.25) is 4.79 Å². The van der Waals surface area contributed by atoms with Crippen LogP contribution in [-0.2, 0) is 4.79 Å². The number of carbonyl (C=O) groups is 1. The molecule has 1 unspecified atom stereocenters. The third-order valence-corrected chi connectivity index (χ3v) is 6.82. The Kier molecular flexibility index (Phi) is 26.2. The van der Waals surface area contributed by atoms with E-state index < -0.39 is 5.97 Å². The Morgan fingerprint density at radius 2 is 0.781 bits per heavy atom. The van der Waals surface area contributed by atoms with E-state index in [2.05, 4.69) is 6.92 Å². The SMILES string of the molecule is CCCCCCCCCCCCCCCCCCCC(O)CCCCCCCCC(=O)O. The molecular weight excluding hydrogens is 396 g/mol. The summed E-state index contributed by atoms with van der Waals surface area (Å²) in [5.74, 6) is -0.683. The molecule has 0 saturated heterocycles. The van der Waals surface area contributed by atoms with Gasteiger partial charge in [0, 0.05) is 6.42 Å². The van der Waals surface area contributed by atoms with E-state index in [-0.39, 0.29) is 6.10 Å². The number of aliphatic hydroxyl groups is 1. The molecule has 0 amide bonds. The molecule has 0 fully saturated rings. The van der Waals surface area contributed by atoms with Gasteiger partial charge in [0.15, 0.2) is 0 Å². The fourth-order valence-corrected chi connectivity index (χ4v) is 4.61. The van der Waals surface area contributed by atoms with Gasteiger partial charge in [-0.25, -0.2) is 0 Å². The van der Waals surface area contributed by atoms with Crippen molar-refractivity contribution in [2.24, 2.45) is 0 Å². The number of carboxylic acid groups (broad SMARTS) is 1. The van der Waals surface area contributed by atoms with Gasteiger partial charge in [0.25, 0.3) is 0 Å². The second-order valence-electron chi connectivity index (χ2n) is 10.2. The minimum atomic E-state index is -0.683. The first-order chi connectivity index (χ1) is 15.7. The summed E-state index contributed by atoms with van der Waals surface area (Å²) < 4.78 is 0. The Labute approximate surface area is 201 Å². The molecule has 0 aromatic heterocycles. The molecular formula is C29H58O3. The lowest BCUT2D eigenvalue weighted by Gasteiger charge is -2.10. The zero-order valence-corrected chi connectivity index (χ0v) is 21.8. The molecule has 3 heteroatoms. The minimum Gasteiger partial charge on any atom is -0.481 e. The average molecular weight is 455 g/mol. The van der Waals surface area contributed by atoms with Crippen molar-refractivity contribution in [2.45, 2.75) is 180 Å². The Bertz CT molecular complexity index is 369. The van der Waals surface area contributed by atoms with Crippen LogP contribution >= 0.6 is 0 Å². The molecule has 0 saturated carbocycles. The highest BCUT2D eigenvalue weighted by Crippen LogP contribution is 2.16. The normalized spacial score (nSPS) is 12.3. The van der Waals surface area contributed by atoms with Crippen molar-refractivity contribution >= 4 is 5.97 Å². The van der Waals surface area contributed by atoms with Gasteiger partial charge in [0.05, 0.1) is 6.10 Å². The van der Waals surface area contributed by atoms with Gasteiger partial charge in [-0.15, -0.1) is 0 Å². The number of aliphatic carboxylic acids is 1. The molecule has 0 rings (SSSR count). The second-order valence-corrected chi connectivity index (χ2v) is 10.2. The molecule has 0 spiro atoms. The van der Waals surface area contributed by atoms with Crippen LogP contribution in [0, 0.1) is 0 Å². The lowest BCUT2D eigenvalue weighted by atomic mass is 10.0. The van der Waals surface area contributed by atoms with Crippen LogP contribution in [0.5, 0.6) is 0 Å². The molecule has 0 aromatic rings. The molecule has 3 nitrogen and oxygen atoms in total. The molecule has 32 heavy (non-hydrogen) atoms. The third-order valence-electron chi connectivity index (χ3n) is 6.82. The van der Waals surface area contributed by atoms with Crippen molar-refractivity contribution < 1.29 is 15.0 Å². The Balaban J connectivity index is 3.13. The molecule has 2 N–H and O–H groups in total. The van der Waals surface area contributed by atoms with Crippen molar-refractivity contribution in [3.8, 4) is 0 Å². The number of unbranched alkanes of at least 4 members (excludes halogenated alkanes) is 21. The number of rotatable bonds is 27. The van der Waals surface area contributed by atoms with Crippen molar-refractivity contribution in [1.29, 1.82) is 0 Å². The minimum absolute atomic E-state index is 0.113. The summed E-state index contributed by atoms with van der Waals surface area (Å²) in [7, 11) is 0. The van der Waals surface area contributed by atoms with Crippen LogP contribution in [0.4, 0.5) is 0 Å². The monoisotopic (exact) mass is 454 g/mol. The predicted molar refractivity (Wildman–Crippen MR) is 139 cm³/mol. The van der Waals surface area contributed by atoms with E-state index in [1.807, 2.05) is 0 Å². The molecule has 0 aliphatic rings. The van der Waals surface area contributed by atoms with Crippen LogP contribution < -0.4 is 0 Å². The highest BCUT2D eigenvalue weighted by molar-refractivity contribution is 5.66. The van der Waals surface area contributed by atoms with E-state index >= 15 is 0 Å². The molecule has 0 bridgehead atoms. The van der Waals surface area contributed by atoms with Gasteiger partial charge in [-0.1, -0.05) is 148 Å². The van der Waals surface area contributed by atoms with Crippen molar-refractivity contribution in [2.75, 3.05) is 0 Å². The van der Waals surface area contributed by atoms with Crippen LogP contribution in [0.15, 0.2) is 0 Å². The predicted octanol–water partition coefficient (Wildman–Crippen LogP) is 9.59. The Morgan fingerprint density at radius 1 is 0.500 bits per heavy atom. The molecule has 192 valence electrons. The number of hydrogen-bond acceptors (Lipinski definition) is 2. The lowest BCUT2D eigenvalue weighted by Crippen LogP contribution is -2.05. The summed E-state index contributed by atoms with van der Waals surface area (Å²) in [6, 6.07) is 0. The summed E-state index contributed by atoms with van der Waals surface area (Å²) in [6.45, 7) is 2.29. The summed E-state index contributed by atoms with van der Waals surface area (Å²) >= 11 is 0. The smallest absolute Gasteiger partial charge is 0.303 e.